The van der Waals surface area contributed by atoms with Gasteiger partial charge in [0.1, 0.15) is 0 Å². The molecule has 5 nitrogen and oxygen atoms in total. The molecule has 5 heteroatoms. The van der Waals surface area contributed by atoms with Gasteiger partial charge in [-0.3, -0.25) is 4.79 Å². The van der Waals surface area contributed by atoms with E-state index in [0.29, 0.717) is 12.8 Å². The van der Waals surface area contributed by atoms with Gasteiger partial charge in [0, 0.05) is 26.2 Å². The number of piperidine rings is 1. The lowest BCUT2D eigenvalue weighted by Crippen LogP contribution is -2.45. The molecule has 116 valence electrons. The van der Waals surface area contributed by atoms with Crippen LogP contribution in [0, 0.1) is 0 Å². The molecule has 0 unspecified atom stereocenters. The van der Waals surface area contributed by atoms with Crippen LogP contribution in [0.1, 0.15) is 18.4 Å². The van der Waals surface area contributed by atoms with Crippen LogP contribution in [-0.4, -0.2) is 50.3 Å². The molecule has 0 bridgehead atoms. The first-order chi connectivity index (χ1) is 10.3. The molecule has 0 atom stereocenters. The number of nitrogens with one attached hydrogen (secondary N) is 3. The Morgan fingerprint density at radius 2 is 1.33 bits per heavy atom. The van der Waals surface area contributed by atoms with Crippen LogP contribution < -0.4 is 16.0 Å². The second kappa shape index (κ2) is 8.12. The lowest BCUT2D eigenvalue weighted by molar-refractivity contribution is -0.145. The van der Waals surface area contributed by atoms with Crippen molar-refractivity contribution in [1.29, 1.82) is 0 Å². The molecular formula is C16H25N3O2. The van der Waals surface area contributed by atoms with E-state index in [-0.39, 0.29) is 0 Å². The molecule has 0 aromatic heterocycles. The van der Waals surface area contributed by atoms with Crippen LogP contribution in [0.15, 0.2) is 30.3 Å². The molecule has 0 spiro atoms. The summed E-state index contributed by atoms with van der Waals surface area (Å²) in [5, 5.41) is 19.1. The summed E-state index contributed by atoms with van der Waals surface area (Å²) in [6.45, 7) is 6.11. The Bertz CT molecular complexity index is 415. The van der Waals surface area contributed by atoms with Crippen LogP contribution in [0.5, 0.6) is 0 Å². The summed E-state index contributed by atoms with van der Waals surface area (Å²) in [5.74, 6) is -0.699. The monoisotopic (exact) mass is 291 g/mol. The molecule has 1 aromatic carbocycles. The third kappa shape index (κ3) is 4.27. The zero-order valence-corrected chi connectivity index (χ0v) is 12.4. The predicted molar refractivity (Wildman–Crippen MR) is 83.6 cm³/mol. The molecule has 3 rings (SSSR count). The molecule has 0 radical (unpaired) electrons. The SMILES string of the molecule is C1CNCCN1.O=C(O)C1(c2ccccc2)CCNCC1. The number of rotatable bonds is 2. The van der Waals surface area contributed by atoms with E-state index < -0.39 is 11.4 Å². The van der Waals surface area contributed by atoms with Gasteiger partial charge in [-0.2, -0.15) is 0 Å². The summed E-state index contributed by atoms with van der Waals surface area (Å²) in [7, 11) is 0. The van der Waals surface area contributed by atoms with Crippen LogP contribution >= 0.6 is 0 Å². The van der Waals surface area contributed by atoms with Gasteiger partial charge in [0.05, 0.1) is 5.41 Å². The van der Waals surface area contributed by atoms with Gasteiger partial charge in [0.25, 0.3) is 0 Å². The molecule has 0 aliphatic carbocycles. The van der Waals surface area contributed by atoms with E-state index in [1.54, 1.807) is 0 Å². The lowest BCUT2D eigenvalue weighted by atomic mass is 9.73. The van der Waals surface area contributed by atoms with E-state index in [9.17, 15) is 9.90 Å². The number of carboxylic acid groups (broad SMARTS) is 1. The van der Waals surface area contributed by atoms with Crippen LogP contribution in [0.3, 0.4) is 0 Å². The molecule has 2 aliphatic heterocycles. The molecule has 2 saturated heterocycles. The highest BCUT2D eigenvalue weighted by atomic mass is 16.4. The molecular weight excluding hydrogens is 266 g/mol. The number of benzene rings is 1. The van der Waals surface area contributed by atoms with Crippen molar-refractivity contribution in [2.45, 2.75) is 18.3 Å². The molecule has 2 fully saturated rings. The van der Waals surface area contributed by atoms with E-state index in [2.05, 4.69) is 16.0 Å². The third-order valence-corrected chi connectivity index (χ3v) is 4.15. The highest BCUT2D eigenvalue weighted by molar-refractivity contribution is 5.81. The highest BCUT2D eigenvalue weighted by Gasteiger charge is 2.40. The van der Waals surface area contributed by atoms with Crippen molar-refractivity contribution in [2.75, 3.05) is 39.3 Å². The standard InChI is InChI=1S/C12H15NO2.C4H10N2/c14-11(15)12(6-8-13-9-7-12)10-4-2-1-3-5-10;1-2-6-4-3-5-1/h1-5,13H,6-9H2,(H,14,15);5-6H,1-4H2. The maximum atomic E-state index is 11.4. The van der Waals surface area contributed by atoms with Crippen LogP contribution in [-0.2, 0) is 10.2 Å². The predicted octanol–water partition coefficient (Wildman–Crippen LogP) is 0.572. The first-order valence-electron chi connectivity index (χ1n) is 7.67. The van der Waals surface area contributed by atoms with Gasteiger partial charge in [-0.15, -0.1) is 0 Å². The number of hydrogen-bond acceptors (Lipinski definition) is 4. The summed E-state index contributed by atoms with van der Waals surface area (Å²) >= 11 is 0. The van der Waals surface area contributed by atoms with Crippen molar-refractivity contribution >= 4 is 5.97 Å². The molecule has 1 aromatic rings. The summed E-state index contributed by atoms with van der Waals surface area (Å²) in [6.07, 6.45) is 1.35. The van der Waals surface area contributed by atoms with E-state index in [1.807, 2.05) is 30.3 Å². The fourth-order valence-corrected chi connectivity index (χ4v) is 2.84. The van der Waals surface area contributed by atoms with E-state index in [4.69, 9.17) is 0 Å². The minimum absolute atomic E-state index is 0.673. The van der Waals surface area contributed by atoms with Gasteiger partial charge in [-0.25, -0.2) is 0 Å². The second-order valence-electron chi connectivity index (χ2n) is 5.50. The van der Waals surface area contributed by atoms with Crippen LogP contribution in [0.25, 0.3) is 0 Å². The van der Waals surface area contributed by atoms with Gasteiger partial charge >= 0.3 is 5.97 Å². The maximum Gasteiger partial charge on any atom is 0.314 e. The topological polar surface area (TPSA) is 73.4 Å². The Kier molecular flexibility index (Phi) is 6.17. The zero-order chi connectivity index (χ0) is 15.0. The number of aliphatic carboxylic acids is 1. The maximum absolute atomic E-state index is 11.4. The van der Waals surface area contributed by atoms with Crippen molar-refractivity contribution in [3.63, 3.8) is 0 Å². The van der Waals surface area contributed by atoms with E-state index in [0.717, 1.165) is 44.8 Å². The molecule has 0 saturated carbocycles. The van der Waals surface area contributed by atoms with Crippen LogP contribution in [0.4, 0.5) is 0 Å². The lowest BCUT2D eigenvalue weighted by Gasteiger charge is -2.34. The Morgan fingerprint density at radius 3 is 1.76 bits per heavy atom. The fourth-order valence-electron chi connectivity index (χ4n) is 2.84. The number of carbonyl (C=O) groups is 1. The van der Waals surface area contributed by atoms with E-state index in [1.165, 1.54) is 0 Å². The average Bonchev–Trinajstić information content (AvgIpc) is 2.58. The average molecular weight is 291 g/mol. The number of hydrogen-bond donors (Lipinski definition) is 4. The van der Waals surface area contributed by atoms with Gasteiger partial charge in [-0.05, 0) is 31.5 Å². The molecule has 4 N–H and O–H groups in total. The molecule has 2 heterocycles. The van der Waals surface area contributed by atoms with Crippen molar-refractivity contribution in [3.05, 3.63) is 35.9 Å². The van der Waals surface area contributed by atoms with Gasteiger partial charge in [0.2, 0.25) is 0 Å². The molecule has 0 amide bonds. The smallest absolute Gasteiger partial charge is 0.314 e. The van der Waals surface area contributed by atoms with Crippen molar-refractivity contribution in [1.82, 2.24) is 16.0 Å². The zero-order valence-electron chi connectivity index (χ0n) is 12.4. The Balaban J connectivity index is 0.000000225. The summed E-state index contributed by atoms with van der Waals surface area (Å²) < 4.78 is 0. The Hall–Kier alpha value is -1.43. The fraction of sp³-hybridized carbons (Fsp3) is 0.562. The van der Waals surface area contributed by atoms with Crippen molar-refractivity contribution in [3.8, 4) is 0 Å². The minimum atomic E-state index is -0.699. The summed E-state index contributed by atoms with van der Waals surface area (Å²) in [5.41, 5.74) is 0.256. The number of piperazine rings is 1. The summed E-state index contributed by atoms with van der Waals surface area (Å²) in [4.78, 5) is 11.4. The third-order valence-electron chi connectivity index (χ3n) is 4.15. The number of carboxylic acids is 1. The summed E-state index contributed by atoms with van der Waals surface area (Å²) in [6, 6.07) is 9.56. The largest absolute Gasteiger partial charge is 0.481 e. The molecule has 21 heavy (non-hydrogen) atoms. The highest BCUT2D eigenvalue weighted by Crippen LogP contribution is 2.33. The van der Waals surface area contributed by atoms with Crippen LogP contribution in [0.2, 0.25) is 0 Å². The second-order valence-corrected chi connectivity index (χ2v) is 5.50. The minimum Gasteiger partial charge on any atom is -0.481 e. The quantitative estimate of drug-likeness (QED) is 0.641. The first kappa shape index (κ1) is 15.9. The Labute approximate surface area is 126 Å². The van der Waals surface area contributed by atoms with Gasteiger partial charge in [-0.1, -0.05) is 30.3 Å². The Morgan fingerprint density at radius 1 is 0.857 bits per heavy atom. The first-order valence-corrected chi connectivity index (χ1v) is 7.67. The van der Waals surface area contributed by atoms with E-state index >= 15 is 0 Å². The van der Waals surface area contributed by atoms with Crippen molar-refractivity contribution < 1.29 is 9.90 Å². The normalized spacial score (nSPS) is 21.0. The van der Waals surface area contributed by atoms with Crippen molar-refractivity contribution in [2.24, 2.45) is 0 Å². The van der Waals surface area contributed by atoms with Gasteiger partial charge in [0.15, 0.2) is 0 Å². The molecule has 2 aliphatic rings. The van der Waals surface area contributed by atoms with Gasteiger partial charge < -0.3 is 21.1 Å².